The largest absolute Gasteiger partial charge is 0.482 e. The lowest BCUT2D eigenvalue weighted by Gasteiger charge is -2.35. The Kier molecular flexibility index (Phi) is 7.35. The van der Waals surface area contributed by atoms with Gasteiger partial charge in [-0.05, 0) is 110 Å². The van der Waals surface area contributed by atoms with Crippen LogP contribution in [0.15, 0.2) is 119 Å². The van der Waals surface area contributed by atoms with Gasteiger partial charge in [0, 0.05) is 32.6 Å². The molecule has 0 bridgehead atoms. The molecule has 3 heteroatoms. The molecule has 0 N–H and O–H groups in total. The predicted octanol–water partition coefficient (Wildman–Crippen LogP) is 13.1. The summed E-state index contributed by atoms with van der Waals surface area (Å²) in [4.78, 5) is 2.41. The van der Waals surface area contributed by atoms with Crippen molar-refractivity contribution in [1.29, 1.82) is 0 Å². The van der Waals surface area contributed by atoms with Gasteiger partial charge in [-0.1, -0.05) is 117 Å². The van der Waals surface area contributed by atoms with Crippen molar-refractivity contribution >= 4 is 11.8 Å². The van der Waals surface area contributed by atoms with E-state index < -0.39 is 5.60 Å². The molecule has 0 fully saturated rings. The smallest absolute Gasteiger partial charge is 0.139 e. The van der Waals surface area contributed by atoms with E-state index in [1.165, 1.54) is 71.7 Å². The standard InChI is InChI=1S/C46H42O2S/c1-27-23-25-31(29(3)41(27)33-15-13-18-36-43(33)47-38-20-10-9-17-35(38)45(36,5)6)32-26-24-28(2)42(30(32)4)34-16-14-19-37-44(34)49-40-22-12-11-21-39(40)48-46(37,7)8/h9-26H,1-8H3. The molecule has 0 saturated carbocycles. The summed E-state index contributed by atoms with van der Waals surface area (Å²) < 4.78 is 13.4. The van der Waals surface area contributed by atoms with Crippen LogP contribution in [-0.2, 0) is 11.0 Å². The van der Waals surface area contributed by atoms with Crippen molar-refractivity contribution < 1.29 is 9.47 Å². The fourth-order valence-corrected chi connectivity index (χ4v) is 9.43. The van der Waals surface area contributed by atoms with E-state index in [9.17, 15) is 0 Å². The number of para-hydroxylation sites is 3. The third kappa shape index (κ3) is 4.93. The Balaban J connectivity index is 1.30. The van der Waals surface area contributed by atoms with Gasteiger partial charge in [-0.15, -0.1) is 0 Å². The lowest BCUT2D eigenvalue weighted by Crippen LogP contribution is -2.25. The van der Waals surface area contributed by atoms with Crippen LogP contribution in [0.3, 0.4) is 0 Å². The van der Waals surface area contributed by atoms with Gasteiger partial charge < -0.3 is 9.47 Å². The highest BCUT2D eigenvalue weighted by atomic mass is 32.2. The molecule has 6 aromatic carbocycles. The van der Waals surface area contributed by atoms with Crippen molar-refractivity contribution in [3.63, 3.8) is 0 Å². The van der Waals surface area contributed by atoms with Crippen molar-refractivity contribution in [2.45, 2.75) is 76.2 Å². The Morgan fingerprint density at radius 2 is 1.04 bits per heavy atom. The number of hydrogen-bond acceptors (Lipinski definition) is 3. The molecule has 2 nitrogen and oxygen atoms in total. The van der Waals surface area contributed by atoms with Gasteiger partial charge >= 0.3 is 0 Å². The van der Waals surface area contributed by atoms with Gasteiger partial charge in [0.05, 0.1) is 4.90 Å². The van der Waals surface area contributed by atoms with Gasteiger partial charge in [0.1, 0.15) is 22.8 Å². The lowest BCUT2D eigenvalue weighted by molar-refractivity contribution is 0.103. The Labute approximate surface area is 295 Å². The molecule has 0 aliphatic carbocycles. The van der Waals surface area contributed by atoms with Crippen molar-refractivity contribution in [3.8, 4) is 50.6 Å². The minimum atomic E-state index is -0.473. The fraction of sp³-hybridized carbons (Fsp3) is 0.217. The average Bonchev–Trinajstić information content (AvgIpc) is 3.19. The highest BCUT2D eigenvalue weighted by Crippen LogP contribution is 2.54. The summed E-state index contributed by atoms with van der Waals surface area (Å²) in [6.45, 7) is 18.0. The lowest BCUT2D eigenvalue weighted by atomic mass is 9.74. The molecule has 49 heavy (non-hydrogen) atoms. The van der Waals surface area contributed by atoms with Crippen molar-refractivity contribution in [2.75, 3.05) is 0 Å². The first-order valence-corrected chi connectivity index (χ1v) is 18.0. The summed E-state index contributed by atoms with van der Waals surface area (Å²) in [5, 5.41) is 0. The molecule has 0 aromatic heterocycles. The van der Waals surface area contributed by atoms with E-state index in [-0.39, 0.29) is 5.41 Å². The summed E-state index contributed by atoms with van der Waals surface area (Å²) in [6.07, 6.45) is 0. The SMILES string of the molecule is Cc1ccc(-c2ccc(C)c(-c3cccc4c3Sc3ccccc3OC4(C)C)c2C)c(C)c1-c1cccc2c1Oc1ccccc1C2(C)C. The van der Waals surface area contributed by atoms with Gasteiger partial charge in [-0.2, -0.15) is 0 Å². The Bertz CT molecular complexity index is 2310. The van der Waals surface area contributed by atoms with Crippen LogP contribution in [-0.4, -0.2) is 0 Å². The zero-order valence-electron chi connectivity index (χ0n) is 29.6. The van der Waals surface area contributed by atoms with E-state index in [2.05, 4.69) is 165 Å². The van der Waals surface area contributed by atoms with E-state index in [1.54, 1.807) is 0 Å². The number of aryl methyl sites for hydroxylation is 2. The van der Waals surface area contributed by atoms with Crippen LogP contribution < -0.4 is 9.47 Å². The van der Waals surface area contributed by atoms with Gasteiger partial charge in [-0.3, -0.25) is 0 Å². The first kappa shape index (κ1) is 31.5. The van der Waals surface area contributed by atoms with Gasteiger partial charge in [-0.25, -0.2) is 0 Å². The predicted molar refractivity (Wildman–Crippen MR) is 205 cm³/mol. The molecule has 0 spiro atoms. The summed E-state index contributed by atoms with van der Waals surface area (Å²) in [5.74, 6) is 2.84. The van der Waals surface area contributed by atoms with Crippen LogP contribution in [0.4, 0.5) is 0 Å². The first-order chi connectivity index (χ1) is 23.5. The molecular formula is C46H42O2S. The molecule has 0 unspecified atom stereocenters. The minimum absolute atomic E-state index is 0.173. The van der Waals surface area contributed by atoms with Crippen LogP contribution in [0.5, 0.6) is 17.2 Å². The molecule has 0 saturated heterocycles. The topological polar surface area (TPSA) is 18.5 Å². The Morgan fingerprint density at radius 1 is 0.490 bits per heavy atom. The van der Waals surface area contributed by atoms with Crippen molar-refractivity contribution in [3.05, 3.63) is 148 Å². The fourth-order valence-electron chi connectivity index (χ4n) is 8.15. The van der Waals surface area contributed by atoms with Crippen molar-refractivity contribution in [2.24, 2.45) is 0 Å². The van der Waals surface area contributed by atoms with Gasteiger partial charge in [0.2, 0.25) is 0 Å². The number of hydrogen-bond donors (Lipinski definition) is 0. The van der Waals surface area contributed by atoms with E-state index in [4.69, 9.17) is 9.47 Å². The van der Waals surface area contributed by atoms with E-state index in [0.29, 0.717) is 0 Å². The van der Waals surface area contributed by atoms with Gasteiger partial charge in [0.25, 0.3) is 0 Å². The molecule has 0 amide bonds. The van der Waals surface area contributed by atoms with E-state index >= 15 is 0 Å². The maximum atomic E-state index is 6.76. The molecular weight excluding hydrogens is 617 g/mol. The number of rotatable bonds is 3. The third-order valence-corrected chi connectivity index (χ3v) is 11.9. The van der Waals surface area contributed by atoms with Crippen LogP contribution in [0.2, 0.25) is 0 Å². The highest BCUT2D eigenvalue weighted by molar-refractivity contribution is 7.99. The maximum Gasteiger partial charge on any atom is 0.139 e. The first-order valence-electron chi connectivity index (χ1n) is 17.2. The molecule has 0 radical (unpaired) electrons. The average molecular weight is 659 g/mol. The van der Waals surface area contributed by atoms with Crippen LogP contribution in [0, 0.1) is 27.7 Å². The van der Waals surface area contributed by atoms with Crippen LogP contribution in [0.25, 0.3) is 33.4 Å². The molecule has 0 atom stereocenters. The minimum Gasteiger partial charge on any atom is -0.482 e. The quantitative estimate of drug-likeness (QED) is 0.189. The molecule has 2 aliphatic heterocycles. The van der Waals surface area contributed by atoms with Crippen LogP contribution >= 0.6 is 11.8 Å². The summed E-state index contributed by atoms with van der Waals surface area (Å²) >= 11 is 1.82. The second-order valence-electron chi connectivity index (χ2n) is 14.6. The number of ether oxygens (including phenoxy) is 2. The van der Waals surface area contributed by atoms with Crippen molar-refractivity contribution in [1.82, 2.24) is 0 Å². The Morgan fingerprint density at radius 3 is 1.73 bits per heavy atom. The maximum absolute atomic E-state index is 6.76. The molecule has 6 aromatic rings. The summed E-state index contributed by atoms with van der Waals surface area (Å²) in [7, 11) is 0. The Hall–Kier alpha value is -4.73. The molecule has 244 valence electrons. The second-order valence-corrected chi connectivity index (χ2v) is 15.7. The van der Waals surface area contributed by atoms with Gasteiger partial charge in [0.15, 0.2) is 0 Å². The monoisotopic (exact) mass is 658 g/mol. The zero-order valence-corrected chi connectivity index (χ0v) is 30.4. The second kappa shape index (κ2) is 11.4. The number of benzene rings is 6. The normalized spacial score (nSPS) is 15.1. The number of fused-ring (bicyclic) bond motifs is 4. The molecule has 2 aliphatic rings. The highest BCUT2D eigenvalue weighted by Gasteiger charge is 2.36. The van der Waals surface area contributed by atoms with E-state index in [1.807, 2.05) is 11.8 Å². The van der Waals surface area contributed by atoms with Crippen LogP contribution in [0.1, 0.15) is 66.6 Å². The molecule has 8 rings (SSSR count). The summed E-state index contributed by atoms with van der Waals surface area (Å²) in [6, 6.07) is 39.4. The molecule has 2 heterocycles. The van der Waals surface area contributed by atoms with E-state index in [0.717, 1.165) is 27.7 Å². The zero-order chi connectivity index (χ0) is 34.2. The third-order valence-electron chi connectivity index (χ3n) is 10.7. The summed E-state index contributed by atoms with van der Waals surface area (Å²) in [5.41, 5.74) is 15.5.